The molecule has 8 heteroatoms. The van der Waals surface area contributed by atoms with Crippen LogP contribution < -0.4 is 5.32 Å². The Morgan fingerprint density at radius 3 is 2.48 bits per heavy atom. The summed E-state index contributed by atoms with van der Waals surface area (Å²) in [4.78, 5) is 40.3. The summed E-state index contributed by atoms with van der Waals surface area (Å²) in [6.45, 7) is 2.10. The van der Waals surface area contributed by atoms with Crippen molar-refractivity contribution in [3.63, 3.8) is 0 Å². The van der Waals surface area contributed by atoms with Gasteiger partial charge in [0.1, 0.15) is 6.04 Å². The molecule has 1 N–H and O–H groups in total. The summed E-state index contributed by atoms with van der Waals surface area (Å²) in [5.41, 5.74) is 0. The van der Waals surface area contributed by atoms with Gasteiger partial charge in [0.15, 0.2) is 0 Å². The van der Waals surface area contributed by atoms with Gasteiger partial charge in [-0.05, 0) is 18.6 Å². The molecule has 1 unspecified atom stereocenters. The highest BCUT2D eigenvalue weighted by Crippen LogP contribution is 2.22. The second-order valence-corrected chi connectivity index (χ2v) is 7.55. The molecule has 0 aromatic carbocycles. The third-order valence-corrected chi connectivity index (χ3v) is 5.42. The van der Waals surface area contributed by atoms with Gasteiger partial charge in [0, 0.05) is 37.5 Å². The summed E-state index contributed by atoms with van der Waals surface area (Å²) in [6.07, 6.45) is 1.33. The number of thiophene rings is 1. The maximum Gasteiger partial charge on any atom is 0.245 e. The summed E-state index contributed by atoms with van der Waals surface area (Å²) in [6, 6.07) is 3.27. The first-order valence-corrected chi connectivity index (χ1v) is 8.82. The number of carbonyl (C=O) groups excluding carboxylic acids is 3. The quantitative estimate of drug-likeness (QED) is 0.875. The second-order valence-electron chi connectivity index (χ2n) is 5.75. The average Bonchev–Trinajstić information content (AvgIpc) is 3.15. The number of hydrogen-bond acceptors (Lipinski definition) is 4. The van der Waals surface area contributed by atoms with Crippen molar-refractivity contribution in [2.24, 2.45) is 0 Å². The van der Waals surface area contributed by atoms with E-state index in [9.17, 15) is 14.4 Å². The molecule has 1 atom stereocenters. The number of amides is 3. The number of halogens is 1. The number of nitrogens with one attached hydrogen (secondary N) is 1. The van der Waals surface area contributed by atoms with Crippen molar-refractivity contribution >= 4 is 40.7 Å². The molecule has 1 aromatic heterocycles. The minimum absolute atomic E-state index is 0.0343. The molecule has 0 bridgehead atoms. The Morgan fingerprint density at radius 2 is 1.91 bits per heavy atom. The van der Waals surface area contributed by atoms with Crippen LogP contribution in [0.5, 0.6) is 0 Å². The number of carbonyl (C=O) groups is 3. The molecule has 3 rings (SSSR count). The van der Waals surface area contributed by atoms with Crippen molar-refractivity contribution in [2.45, 2.75) is 25.3 Å². The number of nitrogens with zero attached hydrogens (tertiary/aromatic N) is 2. The first-order valence-electron chi connectivity index (χ1n) is 7.63. The van der Waals surface area contributed by atoms with Crippen LogP contribution in [0.3, 0.4) is 0 Å². The van der Waals surface area contributed by atoms with Crippen LogP contribution in [0.1, 0.15) is 17.7 Å². The molecule has 6 nitrogen and oxygen atoms in total. The summed E-state index contributed by atoms with van der Waals surface area (Å²) < 4.78 is 0.682. The molecule has 2 fully saturated rings. The highest BCUT2D eigenvalue weighted by molar-refractivity contribution is 7.16. The Kier molecular flexibility index (Phi) is 4.87. The fraction of sp³-hybridized carbons (Fsp3) is 0.533. The molecular formula is C15H18ClN3O3S. The normalized spacial score (nSPS) is 21.4. The highest BCUT2D eigenvalue weighted by atomic mass is 35.5. The first-order chi connectivity index (χ1) is 11.0. The van der Waals surface area contributed by atoms with Gasteiger partial charge in [-0.2, -0.15) is 0 Å². The van der Waals surface area contributed by atoms with Crippen LogP contribution in [0.15, 0.2) is 12.1 Å². The van der Waals surface area contributed by atoms with Crippen LogP contribution >= 0.6 is 22.9 Å². The summed E-state index contributed by atoms with van der Waals surface area (Å²) in [5, 5.41) is 2.70. The Morgan fingerprint density at radius 1 is 1.22 bits per heavy atom. The van der Waals surface area contributed by atoms with Crippen molar-refractivity contribution < 1.29 is 14.4 Å². The fourth-order valence-corrected chi connectivity index (χ4v) is 3.98. The average molecular weight is 356 g/mol. The molecular weight excluding hydrogens is 338 g/mol. The molecule has 3 heterocycles. The molecule has 2 saturated heterocycles. The van der Waals surface area contributed by atoms with Crippen LogP contribution in [0.25, 0.3) is 0 Å². The Bertz CT molecular complexity index is 625. The third-order valence-electron chi connectivity index (χ3n) is 4.19. The van der Waals surface area contributed by atoms with E-state index in [1.807, 2.05) is 6.07 Å². The van der Waals surface area contributed by atoms with E-state index in [0.717, 1.165) is 4.88 Å². The smallest absolute Gasteiger partial charge is 0.245 e. The zero-order valence-corrected chi connectivity index (χ0v) is 14.2. The standard InChI is InChI=1S/C15H18ClN3O3S/c16-12-3-1-10(23-12)9-14(21)18-5-7-19(8-6-18)15(22)11-2-4-13(20)17-11/h1,3,11H,2,4-9H2,(H,17,20). The fourth-order valence-electron chi connectivity index (χ4n) is 2.90. The number of hydrogen-bond donors (Lipinski definition) is 1. The molecule has 3 amide bonds. The Balaban J connectivity index is 1.49. The Hall–Kier alpha value is -1.60. The lowest BCUT2D eigenvalue weighted by molar-refractivity contribution is -0.140. The predicted molar refractivity (Wildman–Crippen MR) is 87.4 cm³/mol. The molecule has 2 aliphatic heterocycles. The predicted octanol–water partition coefficient (Wildman–Crippen LogP) is 0.893. The number of rotatable bonds is 3. The van der Waals surface area contributed by atoms with Gasteiger partial charge in [0.25, 0.3) is 0 Å². The van der Waals surface area contributed by atoms with Gasteiger partial charge >= 0.3 is 0 Å². The summed E-state index contributed by atoms with van der Waals surface area (Å²) in [5.74, 6) is -0.0375. The molecule has 0 aliphatic carbocycles. The summed E-state index contributed by atoms with van der Waals surface area (Å²) >= 11 is 7.29. The van der Waals surface area contributed by atoms with E-state index < -0.39 is 6.04 Å². The van der Waals surface area contributed by atoms with Gasteiger partial charge in [0.2, 0.25) is 17.7 Å². The first kappa shape index (κ1) is 16.3. The molecule has 0 spiro atoms. The molecule has 0 saturated carbocycles. The van der Waals surface area contributed by atoms with Gasteiger partial charge in [-0.15, -0.1) is 11.3 Å². The van der Waals surface area contributed by atoms with E-state index in [1.165, 1.54) is 11.3 Å². The summed E-state index contributed by atoms with van der Waals surface area (Å²) in [7, 11) is 0. The van der Waals surface area contributed by atoms with Gasteiger partial charge in [-0.1, -0.05) is 11.6 Å². The highest BCUT2D eigenvalue weighted by Gasteiger charge is 2.32. The van der Waals surface area contributed by atoms with Crippen LogP contribution in [0, 0.1) is 0 Å². The van der Waals surface area contributed by atoms with Gasteiger partial charge in [-0.3, -0.25) is 14.4 Å². The van der Waals surface area contributed by atoms with Crippen LogP contribution in [-0.4, -0.2) is 59.7 Å². The maximum absolute atomic E-state index is 12.3. The lowest BCUT2D eigenvalue weighted by Gasteiger charge is -2.35. The van der Waals surface area contributed by atoms with Crippen molar-refractivity contribution in [1.29, 1.82) is 0 Å². The zero-order chi connectivity index (χ0) is 16.4. The molecule has 2 aliphatic rings. The third kappa shape index (κ3) is 3.84. The SMILES string of the molecule is O=C1CCC(C(=O)N2CCN(C(=O)Cc3ccc(Cl)s3)CC2)N1. The molecule has 1 aromatic rings. The van der Waals surface area contributed by atoms with E-state index >= 15 is 0 Å². The molecule has 0 radical (unpaired) electrons. The van der Waals surface area contributed by atoms with E-state index in [0.29, 0.717) is 49.8 Å². The van der Waals surface area contributed by atoms with Crippen LogP contribution in [0.4, 0.5) is 0 Å². The largest absolute Gasteiger partial charge is 0.344 e. The van der Waals surface area contributed by atoms with Crippen LogP contribution in [0.2, 0.25) is 4.34 Å². The van der Waals surface area contributed by atoms with Crippen LogP contribution in [-0.2, 0) is 20.8 Å². The van der Waals surface area contributed by atoms with Crippen molar-refractivity contribution in [3.8, 4) is 0 Å². The topological polar surface area (TPSA) is 69.7 Å². The van der Waals surface area contributed by atoms with Crippen molar-refractivity contribution in [2.75, 3.05) is 26.2 Å². The van der Waals surface area contributed by atoms with E-state index in [1.54, 1.807) is 15.9 Å². The number of piperazine rings is 1. The maximum atomic E-state index is 12.3. The van der Waals surface area contributed by atoms with E-state index in [-0.39, 0.29) is 17.7 Å². The van der Waals surface area contributed by atoms with Crippen molar-refractivity contribution in [3.05, 3.63) is 21.3 Å². The Labute approximate surface area is 143 Å². The zero-order valence-electron chi connectivity index (χ0n) is 12.6. The second kappa shape index (κ2) is 6.88. The molecule has 23 heavy (non-hydrogen) atoms. The van der Waals surface area contributed by atoms with Crippen molar-refractivity contribution in [1.82, 2.24) is 15.1 Å². The minimum Gasteiger partial charge on any atom is -0.344 e. The van der Waals surface area contributed by atoms with E-state index in [2.05, 4.69) is 5.32 Å². The van der Waals surface area contributed by atoms with Gasteiger partial charge in [0.05, 0.1) is 10.8 Å². The lowest BCUT2D eigenvalue weighted by atomic mass is 10.2. The minimum atomic E-state index is -0.391. The lowest BCUT2D eigenvalue weighted by Crippen LogP contribution is -2.54. The van der Waals surface area contributed by atoms with Gasteiger partial charge in [-0.25, -0.2) is 0 Å². The monoisotopic (exact) mass is 355 g/mol. The van der Waals surface area contributed by atoms with E-state index in [4.69, 9.17) is 11.6 Å². The van der Waals surface area contributed by atoms with Gasteiger partial charge < -0.3 is 15.1 Å². The molecule has 124 valence electrons.